The van der Waals surface area contributed by atoms with Crippen LogP contribution in [0.25, 0.3) is 93.8 Å². The molecule has 224 valence electrons. The van der Waals surface area contributed by atoms with Crippen LogP contribution < -0.4 is 0 Å². The van der Waals surface area contributed by atoms with Crippen molar-refractivity contribution in [3.05, 3.63) is 158 Å². The summed E-state index contributed by atoms with van der Waals surface area (Å²) in [5, 5.41) is 7.11. The fourth-order valence-electron chi connectivity index (χ4n) is 7.22. The maximum Gasteiger partial charge on any atom is 0.160 e. The molecule has 0 bridgehead atoms. The van der Waals surface area contributed by atoms with Crippen molar-refractivity contribution in [1.29, 1.82) is 0 Å². The first-order valence-electron chi connectivity index (χ1n) is 16.0. The van der Waals surface area contributed by atoms with E-state index in [1.165, 1.54) is 21.5 Å². The SMILES string of the molecule is c1cncc(-c2cc(-c3ccc(-n4c5ccccc5c5c6ccccc6c6c7ccccc7oc6c54)cc3)cc(-c3cccnc3)n2)c1. The Morgan fingerprint density at radius 2 is 1.08 bits per heavy atom. The van der Waals surface area contributed by atoms with E-state index in [-0.39, 0.29) is 0 Å². The van der Waals surface area contributed by atoms with E-state index in [2.05, 4.69) is 118 Å². The number of hydrogen-bond acceptors (Lipinski definition) is 4. The van der Waals surface area contributed by atoms with Gasteiger partial charge in [0.05, 0.1) is 22.4 Å². The quantitative estimate of drug-likeness (QED) is 0.198. The zero-order valence-electron chi connectivity index (χ0n) is 25.7. The first-order chi connectivity index (χ1) is 23.8. The maximum atomic E-state index is 6.73. The van der Waals surface area contributed by atoms with E-state index >= 15 is 0 Å². The van der Waals surface area contributed by atoms with Crippen molar-refractivity contribution < 1.29 is 4.42 Å². The average Bonchev–Trinajstić information content (AvgIpc) is 3.73. The molecule has 0 unspecified atom stereocenters. The standard InChI is InChI=1S/C43H26N4O/c1-2-12-33-32(11-1)40-34-13-3-5-15-38(34)47(42(40)43-41(33)35-14-4-6-16-39(35)48-43)31-19-17-27(18-20-31)30-23-36(28-9-7-21-44-25-28)46-37(24-30)29-10-8-22-45-26-29/h1-26H. The number of nitrogens with zero attached hydrogens (tertiary/aromatic N) is 4. The first kappa shape index (κ1) is 26.6. The molecule has 0 aliphatic heterocycles. The minimum absolute atomic E-state index is 0.866. The summed E-state index contributed by atoms with van der Waals surface area (Å²) in [5.74, 6) is 0. The Balaban J connectivity index is 1.21. The molecule has 48 heavy (non-hydrogen) atoms. The number of hydrogen-bond donors (Lipinski definition) is 0. The predicted octanol–water partition coefficient (Wildman–Crippen LogP) is 11.0. The lowest BCUT2D eigenvalue weighted by molar-refractivity contribution is 0.671. The van der Waals surface area contributed by atoms with Gasteiger partial charge in [0.15, 0.2) is 5.58 Å². The topological polar surface area (TPSA) is 56.7 Å². The van der Waals surface area contributed by atoms with Crippen molar-refractivity contribution in [2.75, 3.05) is 0 Å². The third kappa shape index (κ3) is 4.01. The van der Waals surface area contributed by atoms with E-state index in [9.17, 15) is 0 Å². The number of aromatic nitrogens is 4. The minimum Gasteiger partial charge on any atom is -0.454 e. The van der Waals surface area contributed by atoms with E-state index in [0.29, 0.717) is 0 Å². The maximum absolute atomic E-state index is 6.73. The molecule has 5 aromatic carbocycles. The van der Waals surface area contributed by atoms with Crippen LogP contribution in [-0.2, 0) is 0 Å². The molecule has 0 aliphatic carbocycles. The Bertz CT molecular complexity index is 2760. The lowest BCUT2D eigenvalue weighted by Gasteiger charge is -2.12. The Labute approximate surface area is 275 Å². The van der Waals surface area contributed by atoms with Crippen LogP contribution >= 0.6 is 0 Å². The summed E-state index contributed by atoms with van der Waals surface area (Å²) in [4.78, 5) is 13.7. The first-order valence-corrected chi connectivity index (χ1v) is 16.0. The molecule has 0 spiro atoms. The van der Waals surface area contributed by atoms with Crippen LogP contribution in [0.5, 0.6) is 0 Å². The molecule has 0 N–H and O–H groups in total. The van der Waals surface area contributed by atoms with E-state index < -0.39 is 0 Å². The van der Waals surface area contributed by atoms with Crippen molar-refractivity contribution >= 4 is 54.5 Å². The van der Waals surface area contributed by atoms with Crippen LogP contribution in [0.15, 0.2) is 163 Å². The summed E-state index contributed by atoms with van der Waals surface area (Å²) in [6.07, 6.45) is 7.27. The highest BCUT2D eigenvalue weighted by Gasteiger charge is 2.22. The van der Waals surface area contributed by atoms with Gasteiger partial charge in [0.1, 0.15) is 5.58 Å². The van der Waals surface area contributed by atoms with Crippen LogP contribution in [-0.4, -0.2) is 19.5 Å². The summed E-state index contributed by atoms with van der Waals surface area (Å²) in [5.41, 5.74) is 10.9. The summed E-state index contributed by atoms with van der Waals surface area (Å²) < 4.78 is 9.09. The molecule has 10 rings (SSSR count). The Hall–Kier alpha value is -6.59. The third-order valence-corrected chi connectivity index (χ3v) is 9.35. The van der Waals surface area contributed by atoms with Crippen LogP contribution in [0.2, 0.25) is 0 Å². The van der Waals surface area contributed by atoms with Gasteiger partial charge in [-0.1, -0.05) is 72.8 Å². The second-order valence-electron chi connectivity index (χ2n) is 12.1. The molecule has 0 fully saturated rings. The highest BCUT2D eigenvalue weighted by Crippen LogP contribution is 2.45. The zero-order chi connectivity index (χ0) is 31.6. The van der Waals surface area contributed by atoms with Crippen molar-refractivity contribution in [2.45, 2.75) is 0 Å². The Morgan fingerprint density at radius 3 is 1.75 bits per heavy atom. The van der Waals surface area contributed by atoms with Crippen LogP contribution in [0.3, 0.4) is 0 Å². The highest BCUT2D eigenvalue weighted by atomic mass is 16.3. The highest BCUT2D eigenvalue weighted by molar-refractivity contribution is 6.35. The number of pyridine rings is 3. The van der Waals surface area contributed by atoms with Gasteiger partial charge in [-0.3, -0.25) is 9.97 Å². The number of benzene rings is 5. The third-order valence-electron chi connectivity index (χ3n) is 9.35. The molecule has 0 radical (unpaired) electrons. The molecule has 5 heteroatoms. The summed E-state index contributed by atoms with van der Waals surface area (Å²) in [7, 11) is 0. The average molecular weight is 615 g/mol. The van der Waals surface area contributed by atoms with Crippen LogP contribution in [0.4, 0.5) is 0 Å². The Morgan fingerprint density at radius 1 is 0.479 bits per heavy atom. The normalized spacial score (nSPS) is 11.8. The molecule has 0 amide bonds. The number of rotatable bonds is 4. The smallest absolute Gasteiger partial charge is 0.160 e. The molecule has 0 aliphatic rings. The molecular formula is C43H26N4O. The predicted molar refractivity (Wildman–Crippen MR) is 195 cm³/mol. The van der Waals surface area contributed by atoms with Crippen molar-refractivity contribution in [3.8, 4) is 39.3 Å². The van der Waals surface area contributed by atoms with Gasteiger partial charge in [-0.2, -0.15) is 0 Å². The molecule has 5 nitrogen and oxygen atoms in total. The van der Waals surface area contributed by atoms with Gasteiger partial charge in [0, 0.05) is 63.1 Å². The van der Waals surface area contributed by atoms with Gasteiger partial charge < -0.3 is 8.98 Å². The van der Waals surface area contributed by atoms with Crippen LogP contribution in [0, 0.1) is 0 Å². The Kier molecular flexibility index (Phi) is 5.81. The molecule has 0 atom stereocenters. The number of furan rings is 1. The largest absolute Gasteiger partial charge is 0.454 e. The zero-order valence-corrected chi connectivity index (χ0v) is 25.7. The molecule has 0 saturated heterocycles. The molecule has 0 saturated carbocycles. The minimum atomic E-state index is 0.866. The van der Waals surface area contributed by atoms with Gasteiger partial charge in [-0.25, -0.2) is 4.98 Å². The van der Waals surface area contributed by atoms with E-state index in [0.717, 1.165) is 72.3 Å². The molecule has 10 aromatic rings. The molecular weight excluding hydrogens is 589 g/mol. The summed E-state index contributed by atoms with van der Waals surface area (Å²) in [6, 6.07) is 46.8. The molecule has 5 aromatic heterocycles. The van der Waals surface area contributed by atoms with Gasteiger partial charge in [-0.05, 0) is 82.6 Å². The van der Waals surface area contributed by atoms with E-state index in [4.69, 9.17) is 9.40 Å². The number of para-hydroxylation sites is 2. The number of fused-ring (bicyclic) bond motifs is 10. The van der Waals surface area contributed by atoms with Gasteiger partial charge in [0.25, 0.3) is 0 Å². The van der Waals surface area contributed by atoms with E-state index in [1.807, 2.05) is 42.7 Å². The monoisotopic (exact) mass is 614 g/mol. The second kappa shape index (κ2) is 10.5. The van der Waals surface area contributed by atoms with Crippen LogP contribution in [0.1, 0.15) is 0 Å². The fraction of sp³-hybridized carbons (Fsp3) is 0. The van der Waals surface area contributed by atoms with Crippen molar-refractivity contribution in [2.24, 2.45) is 0 Å². The van der Waals surface area contributed by atoms with Crippen molar-refractivity contribution in [1.82, 2.24) is 19.5 Å². The van der Waals surface area contributed by atoms with Gasteiger partial charge in [0.2, 0.25) is 0 Å². The summed E-state index contributed by atoms with van der Waals surface area (Å²) >= 11 is 0. The second-order valence-corrected chi connectivity index (χ2v) is 12.1. The fourth-order valence-corrected chi connectivity index (χ4v) is 7.22. The lowest BCUT2D eigenvalue weighted by Crippen LogP contribution is -1.95. The summed E-state index contributed by atoms with van der Waals surface area (Å²) in [6.45, 7) is 0. The van der Waals surface area contributed by atoms with Gasteiger partial charge in [-0.15, -0.1) is 0 Å². The van der Waals surface area contributed by atoms with E-state index in [1.54, 1.807) is 12.4 Å². The molecule has 5 heterocycles. The lowest BCUT2D eigenvalue weighted by atomic mass is 9.99. The van der Waals surface area contributed by atoms with Gasteiger partial charge >= 0.3 is 0 Å². The van der Waals surface area contributed by atoms with Crippen molar-refractivity contribution in [3.63, 3.8) is 0 Å².